The topological polar surface area (TPSA) is 55.1 Å². The van der Waals surface area contributed by atoms with E-state index in [1.165, 1.54) is 0 Å². The number of nitrogens with two attached hydrogens (primary N) is 1. The maximum absolute atomic E-state index is 12.2. The van der Waals surface area contributed by atoms with Gasteiger partial charge in [-0.1, -0.05) is 44.2 Å². The van der Waals surface area contributed by atoms with E-state index in [1.807, 2.05) is 55.9 Å². The van der Waals surface area contributed by atoms with Crippen LogP contribution < -0.4 is 11.1 Å². The molecule has 1 aromatic rings. The fourth-order valence-corrected chi connectivity index (χ4v) is 3.20. The van der Waals surface area contributed by atoms with Crippen LogP contribution in [0.4, 0.5) is 0 Å². The molecule has 20 heavy (non-hydrogen) atoms. The third-order valence-corrected chi connectivity index (χ3v) is 4.26. The zero-order chi connectivity index (χ0) is 15.2. The zero-order valence-corrected chi connectivity index (χ0v) is 13.7. The molecule has 0 spiro atoms. The summed E-state index contributed by atoms with van der Waals surface area (Å²) in [7, 11) is 0. The molecule has 1 unspecified atom stereocenters. The van der Waals surface area contributed by atoms with E-state index in [-0.39, 0.29) is 11.9 Å². The zero-order valence-electron chi connectivity index (χ0n) is 12.8. The molecule has 0 aliphatic carbocycles. The third-order valence-electron chi connectivity index (χ3n) is 3.15. The first-order valence-corrected chi connectivity index (χ1v) is 8.18. The maximum Gasteiger partial charge on any atom is 0.242 e. The second-order valence-corrected chi connectivity index (χ2v) is 7.29. The molecule has 3 N–H and O–H groups in total. The summed E-state index contributed by atoms with van der Waals surface area (Å²) < 4.78 is 0. The van der Waals surface area contributed by atoms with E-state index in [0.29, 0.717) is 11.7 Å². The molecule has 4 heteroatoms. The molecule has 0 fully saturated rings. The summed E-state index contributed by atoms with van der Waals surface area (Å²) in [6, 6.07) is 9.98. The highest BCUT2D eigenvalue weighted by Crippen LogP contribution is 2.28. The smallest absolute Gasteiger partial charge is 0.242 e. The monoisotopic (exact) mass is 294 g/mol. The fraction of sp³-hybridized carbons (Fsp3) is 0.562. The lowest BCUT2D eigenvalue weighted by atomic mass is 9.85. The van der Waals surface area contributed by atoms with Crippen molar-refractivity contribution in [1.29, 1.82) is 0 Å². The number of thioether (sulfide) groups is 1. The standard InChI is InChI=1S/C16H26N2OS/c1-12(2)18-16(15(17)19,10-11-20-13(3)4)14-8-6-5-7-9-14/h5-9,12-13,18H,10-11H2,1-4H3,(H2,17,19). The summed E-state index contributed by atoms with van der Waals surface area (Å²) in [5, 5.41) is 3.95. The second kappa shape index (κ2) is 7.70. The first-order chi connectivity index (χ1) is 9.38. The summed E-state index contributed by atoms with van der Waals surface area (Å²) in [4.78, 5) is 12.2. The summed E-state index contributed by atoms with van der Waals surface area (Å²) >= 11 is 1.85. The Labute approximate surface area is 126 Å². The van der Waals surface area contributed by atoms with Crippen LogP contribution in [0.25, 0.3) is 0 Å². The largest absolute Gasteiger partial charge is 0.368 e. The molecule has 1 aromatic carbocycles. The molecule has 1 rings (SSSR count). The van der Waals surface area contributed by atoms with E-state index < -0.39 is 5.54 Å². The number of nitrogens with one attached hydrogen (secondary N) is 1. The first kappa shape index (κ1) is 17.1. The Morgan fingerprint density at radius 3 is 2.30 bits per heavy atom. The van der Waals surface area contributed by atoms with Crippen LogP contribution >= 0.6 is 11.8 Å². The number of rotatable bonds is 8. The number of hydrogen-bond donors (Lipinski definition) is 2. The minimum absolute atomic E-state index is 0.187. The summed E-state index contributed by atoms with van der Waals surface area (Å²) in [6.07, 6.45) is 0.702. The summed E-state index contributed by atoms with van der Waals surface area (Å²) in [6.45, 7) is 8.40. The average Bonchev–Trinajstić information content (AvgIpc) is 2.37. The van der Waals surface area contributed by atoms with Gasteiger partial charge in [-0.15, -0.1) is 0 Å². The summed E-state index contributed by atoms with van der Waals surface area (Å²) in [5.41, 5.74) is 5.93. The number of carbonyl (C=O) groups excluding carboxylic acids is 1. The van der Waals surface area contributed by atoms with Crippen LogP contribution in [0.15, 0.2) is 30.3 Å². The van der Waals surface area contributed by atoms with Crippen molar-refractivity contribution in [2.24, 2.45) is 5.73 Å². The molecule has 0 radical (unpaired) electrons. The Kier molecular flexibility index (Phi) is 6.56. The van der Waals surface area contributed by atoms with Crippen molar-refractivity contribution in [2.75, 3.05) is 5.75 Å². The molecule has 0 aliphatic heterocycles. The molecular weight excluding hydrogens is 268 g/mol. The van der Waals surface area contributed by atoms with E-state index in [2.05, 4.69) is 19.2 Å². The van der Waals surface area contributed by atoms with Gasteiger partial charge in [0.2, 0.25) is 5.91 Å². The number of amides is 1. The Hall–Kier alpha value is -1.00. The van der Waals surface area contributed by atoms with Gasteiger partial charge in [-0.2, -0.15) is 11.8 Å². The van der Waals surface area contributed by atoms with Crippen molar-refractivity contribution in [3.05, 3.63) is 35.9 Å². The minimum atomic E-state index is -0.780. The molecule has 3 nitrogen and oxygen atoms in total. The number of primary amides is 1. The van der Waals surface area contributed by atoms with Crippen LogP contribution in [0.2, 0.25) is 0 Å². The van der Waals surface area contributed by atoms with Crippen molar-refractivity contribution in [3.8, 4) is 0 Å². The Bertz CT molecular complexity index is 420. The van der Waals surface area contributed by atoms with E-state index in [9.17, 15) is 4.79 Å². The lowest BCUT2D eigenvalue weighted by Gasteiger charge is -2.34. The average molecular weight is 294 g/mol. The van der Waals surface area contributed by atoms with Crippen molar-refractivity contribution >= 4 is 17.7 Å². The molecule has 0 saturated carbocycles. The van der Waals surface area contributed by atoms with E-state index >= 15 is 0 Å². The molecule has 0 aromatic heterocycles. The van der Waals surface area contributed by atoms with Gasteiger partial charge in [0.15, 0.2) is 0 Å². The molecule has 0 heterocycles. The van der Waals surface area contributed by atoms with E-state index in [4.69, 9.17) is 5.73 Å². The highest BCUT2D eigenvalue weighted by atomic mass is 32.2. The van der Waals surface area contributed by atoms with Crippen LogP contribution in [0.1, 0.15) is 39.7 Å². The van der Waals surface area contributed by atoms with Gasteiger partial charge in [0, 0.05) is 6.04 Å². The Morgan fingerprint density at radius 1 is 1.25 bits per heavy atom. The highest BCUT2D eigenvalue weighted by Gasteiger charge is 2.38. The number of carbonyl (C=O) groups is 1. The van der Waals surface area contributed by atoms with Crippen LogP contribution in [0.5, 0.6) is 0 Å². The Balaban J connectivity index is 3.05. The predicted molar refractivity (Wildman–Crippen MR) is 87.8 cm³/mol. The van der Waals surface area contributed by atoms with Crippen LogP contribution in [0, 0.1) is 0 Å². The SMILES string of the molecule is CC(C)NC(CCSC(C)C)(C(N)=O)c1ccccc1. The van der Waals surface area contributed by atoms with Gasteiger partial charge in [0.05, 0.1) is 0 Å². The lowest BCUT2D eigenvalue weighted by Crippen LogP contribution is -2.55. The van der Waals surface area contributed by atoms with Gasteiger partial charge in [-0.25, -0.2) is 0 Å². The number of benzene rings is 1. The molecule has 0 aliphatic rings. The number of hydrogen-bond acceptors (Lipinski definition) is 3. The van der Waals surface area contributed by atoms with Gasteiger partial charge in [0.25, 0.3) is 0 Å². The van der Waals surface area contributed by atoms with Crippen molar-refractivity contribution < 1.29 is 4.79 Å². The van der Waals surface area contributed by atoms with Gasteiger partial charge >= 0.3 is 0 Å². The highest BCUT2D eigenvalue weighted by molar-refractivity contribution is 7.99. The van der Waals surface area contributed by atoms with Crippen molar-refractivity contribution in [2.45, 2.75) is 50.9 Å². The van der Waals surface area contributed by atoms with Crippen LogP contribution in [0.3, 0.4) is 0 Å². The van der Waals surface area contributed by atoms with Crippen molar-refractivity contribution in [3.63, 3.8) is 0 Å². The first-order valence-electron chi connectivity index (χ1n) is 7.13. The maximum atomic E-state index is 12.2. The molecular formula is C16H26N2OS. The van der Waals surface area contributed by atoms with E-state index in [0.717, 1.165) is 11.3 Å². The quantitative estimate of drug-likeness (QED) is 0.775. The molecule has 1 atom stereocenters. The van der Waals surface area contributed by atoms with Gasteiger partial charge in [-0.05, 0) is 36.8 Å². The van der Waals surface area contributed by atoms with Crippen LogP contribution in [-0.4, -0.2) is 23.0 Å². The minimum Gasteiger partial charge on any atom is -0.368 e. The fourth-order valence-electron chi connectivity index (χ4n) is 2.30. The van der Waals surface area contributed by atoms with Crippen molar-refractivity contribution in [1.82, 2.24) is 5.32 Å². The predicted octanol–water partition coefficient (Wildman–Crippen LogP) is 2.90. The van der Waals surface area contributed by atoms with Gasteiger partial charge in [-0.3, -0.25) is 10.1 Å². The lowest BCUT2D eigenvalue weighted by molar-refractivity contribution is -0.125. The summed E-state index contributed by atoms with van der Waals surface area (Å²) in [5.74, 6) is 0.594. The molecule has 0 bridgehead atoms. The molecule has 112 valence electrons. The van der Waals surface area contributed by atoms with Crippen LogP contribution in [-0.2, 0) is 10.3 Å². The van der Waals surface area contributed by atoms with Gasteiger partial charge in [0.1, 0.15) is 5.54 Å². The molecule has 1 amide bonds. The third kappa shape index (κ3) is 4.53. The second-order valence-electron chi connectivity index (χ2n) is 5.60. The molecule has 0 saturated heterocycles. The Morgan fingerprint density at radius 2 is 1.85 bits per heavy atom. The normalized spacial score (nSPS) is 14.5. The van der Waals surface area contributed by atoms with E-state index in [1.54, 1.807) is 0 Å². The van der Waals surface area contributed by atoms with Gasteiger partial charge < -0.3 is 5.73 Å².